The van der Waals surface area contributed by atoms with E-state index in [9.17, 15) is 14.7 Å². The van der Waals surface area contributed by atoms with Crippen LogP contribution < -0.4 is 0 Å². The van der Waals surface area contributed by atoms with Crippen molar-refractivity contribution in [2.45, 2.75) is 6.92 Å². The predicted molar refractivity (Wildman–Crippen MR) is 81.0 cm³/mol. The molecule has 0 fully saturated rings. The monoisotopic (exact) mass is 282 g/mol. The zero-order valence-electron chi connectivity index (χ0n) is 11.4. The first-order valence-corrected chi connectivity index (χ1v) is 6.33. The van der Waals surface area contributed by atoms with Crippen LogP contribution >= 0.6 is 0 Å². The summed E-state index contributed by atoms with van der Waals surface area (Å²) in [6.07, 6.45) is 2.37. The summed E-state index contributed by atoms with van der Waals surface area (Å²) in [5.74, 6) is -2.32. The lowest BCUT2D eigenvalue weighted by Gasteiger charge is -2.04. The summed E-state index contributed by atoms with van der Waals surface area (Å²) in [5, 5.41) is 20.0. The average molecular weight is 282 g/mol. The van der Waals surface area contributed by atoms with Gasteiger partial charge in [0.2, 0.25) is 0 Å². The molecule has 2 aromatic rings. The third-order valence-corrected chi connectivity index (χ3v) is 3.08. The maximum Gasteiger partial charge on any atom is 0.335 e. The number of benzene rings is 2. The molecule has 4 heteroatoms. The van der Waals surface area contributed by atoms with Gasteiger partial charge in [-0.3, -0.25) is 0 Å². The first kappa shape index (κ1) is 14.5. The number of carboxylic acid groups (broad SMARTS) is 2. The molecule has 0 aliphatic rings. The largest absolute Gasteiger partial charge is 0.478 e. The number of rotatable bonds is 4. The Morgan fingerprint density at radius 3 is 2.29 bits per heavy atom. The van der Waals surface area contributed by atoms with Gasteiger partial charge in [0.05, 0.1) is 5.57 Å². The first-order valence-electron chi connectivity index (χ1n) is 6.33. The van der Waals surface area contributed by atoms with Crippen LogP contribution in [0.25, 0.3) is 16.8 Å². The second-order valence-corrected chi connectivity index (χ2v) is 4.64. The second-order valence-electron chi connectivity index (χ2n) is 4.64. The van der Waals surface area contributed by atoms with E-state index >= 15 is 0 Å². The Bertz CT molecular complexity index is 769. The molecule has 0 saturated heterocycles. The summed E-state index contributed by atoms with van der Waals surface area (Å²) in [7, 11) is 0. The number of aliphatic carboxylic acids is 2. The van der Waals surface area contributed by atoms with E-state index in [-0.39, 0.29) is 11.1 Å². The van der Waals surface area contributed by atoms with Crippen molar-refractivity contribution < 1.29 is 19.8 Å². The quantitative estimate of drug-likeness (QED) is 0.666. The molecule has 0 amide bonds. The maximum absolute atomic E-state index is 11.3. The first-order chi connectivity index (χ1) is 9.97. The smallest absolute Gasteiger partial charge is 0.335 e. The topological polar surface area (TPSA) is 74.6 Å². The minimum atomic E-state index is -1.17. The van der Waals surface area contributed by atoms with E-state index in [2.05, 4.69) is 0 Å². The molecule has 0 atom stereocenters. The number of hydrogen-bond donors (Lipinski definition) is 2. The predicted octanol–water partition coefficient (Wildman–Crippen LogP) is 3.34. The van der Waals surface area contributed by atoms with E-state index in [1.807, 2.05) is 36.4 Å². The zero-order chi connectivity index (χ0) is 15.4. The second kappa shape index (κ2) is 6.05. The third kappa shape index (κ3) is 3.57. The number of carboxylic acids is 2. The molecular formula is C17H14O4. The van der Waals surface area contributed by atoms with E-state index in [4.69, 9.17) is 5.11 Å². The fourth-order valence-corrected chi connectivity index (χ4v) is 2.07. The minimum Gasteiger partial charge on any atom is -0.478 e. The highest BCUT2D eigenvalue weighted by molar-refractivity contribution is 5.99. The Labute approximate surface area is 121 Å². The summed E-state index contributed by atoms with van der Waals surface area (Å²) in [6.45, 7) is 1.47. The highest BCUT2D eigenvalue weighted by atomic mass is 16.4. The molecule has 0 bridgehead atoms. The summed E-state index contributed by atoms with van der Waals surface area (Å²) >= 11 is 0. The molecule has 0 aliphatic heterocycles. The molecule has 0 unspecified atom stereocenters. The lowest BCUT2D eigenvalue weighted by Crippen LogP contribution is -2.03. The van der Waals surface area contributed by atoms with Crippen LogP contribution in [0, 0.1) is 0 Å². The van der Waals surface area contributed by atoms with Crippen molar-refractivity contribution in [1.82, 2.24) is 0 Å². The van der Waals surface area contributed by atoms with E-state index in [1.165, 1.54) is 13.0 Å². The molecule has 0 aliphatic carbocycles. The van der Waals surface area contributed by atoms with Crippen molar-refractivity contribution in [3.63, 3.8) is 0 Å². The fraction of sp³-hybridized carbons (Fsp3) is 0.0588. The van der Waals surface area contributed by atoms with Gasteiger partial charge in [-0.2, -0.15) is 0 Å². The normalized spacial score (nSPS) is 12.4. The van der Waals surface area contributed by atoms with Crippen molar-refractivity contribution in [3.8, 4) is 0 Å². The van der Waals surface area contributed by atoms with E-state index in [1.54, 1.807) is 6.07 Å². The van der Waals surface area contributed by atoms with Crippen LogP contribution in [0.1, 0.15) is 12.5 Å². The maximum atomic E-state index is 11.3. The molecule has 106 valence electrons. The molecule has 0 radical (unpaired) electrons. The molecule has 2 aromatic carbocycles. The van der Waals surface area contributed by atoms with Crippen LogP contribution in [-0.4, -0.2) is 22.2 Å². The van der Waals surface area contributed by atoms with Gasteiger partial charge >= 0.3 is 11.9 Å². The van der Waals surface area contributed by atoms with Crippen LogP contribution in [0.5, 0.6) is 0 Å². The lowest BCUT2D eigenvalue weighted by molar-refractivity contribution is -0.132. The Hall–Kier alpha value is -2.88. The zero-order valence-corrected chi connectivity index (χ0v) is 11.4. The van der Waals surface area contributed by atoms with Crippen LogP contribution in [0.15, 0.2) is 59.7 Å². The Morgan fingerprint density at radius 2 is 1.67 bits per heavy atom. The summed E-state index contributed by atoms with van der Waals surface area (Å²) in [6, 6.07) is 13.3. The van der Waals surface area contributed by atoms with Crippen molar-refractivity contribution >= 4 is 28.8 Å². The minimum absolute atomic E-state index is 0.0346. The van der Waals surface area contributed by atoms with Gasteiger partial charge < -0.3 is 10.2 Å². The van der Waals surface area contributed by atoms with Gasteiger partial charge in [0.15, 0.2) is 0 Å². The van der Waals surface area contributed by atoms with Crippen molar-refractivity contribution in [2.75, 3.05) is 0 Å². The lowest BCUT2D eigenvalue weighted by atomic mass is 10.0. The Kier molecular flexibility index (Phi) is 4.18. The van der Waals surface area contributed by atoms with Crippen LogP contribution in [-0.2, 0) is 9.59 Å². The Morgan fingerprint density at radius 1 is 1.00 bits per heavy atom. The highest BCUT2D eigenvalue weighted by Gasteiger charge is 2.11. The molecule has 0 spiro atoms. The number of fused-ring (bicyclic) bond motifs is 1. The average Bonchev–Trinajstić information content (AvgIpc) is 2.43. The highest BCUT2D eigenvalue weighted by Crippen LogP contribution is 2.20. The van der Waals surface area contributed by atoms with Gasteiger partial charge in [0, 0.05) is 6.08 Å². The molecular weight excluding hydrogens is 268 g/mol. The van der Waals surface area contributed by atoms with Crippen LogP contribution in [0.4, 0.5) is 0 Å². The molecule has 0 heterocycles. The van der Waals surface area contributed by atoms with Crippen molar-refractivity contribution in [3.05, 3.63) is 65.3 Å². The Balaban J connectivity index is 2.49. The molecule has 2 N–H and O–H groups in total. The summed E-state index contributed by atoms with van der Waals surface area (Å²) < 4.78 is 0. The summed E-state index contributed by atoms with van der Waals surface area (Å²) in [5.41, 5.74) is 0.875. The molecule has 4 nitrogen and oxygen atoms in total. The van der Waals surface area contributed by atoms with E-state index in [0.29, 0.717) is 5.56 Å². The third-order valence-electron chi connectivity index (χ3n) is 3.08. The van der Waals surface area contributed by atoms with E-state index in [0.717, 1.165) is 16.8 Å². The SMILES string of the molecule is CC(=C\C(=O)O)/C(=C/c1ccc2ccccc2c1)C(=O)O. The van der Waals surface area contributed by atoms with Gasteiger partial charge in [-0.25, -0.2) is 9.59 Å². The molecule has 21 heavy (non-hydrogen) atoms. The molecule has 2 rings (SSSR count). The summed E-state index contributed by atoms with van der Waals surface area (Å²) in [4.78, 5) is 22.0. The molecule has 0 aromatic heterocycles. The van der Waals surface area contributed by atoms with Gasteiger partial charge in [-0.05, 0) is 41.0 Å². The van der Waals surface area contributed by atoms with Crippen LogP contribution in [0.3, 0.4) is 0 Å². The number of hydrogen-bond acceptors (Lipinski definition) is 2. The van der Waals surface area contributed by atoms with Crippen LogP contribution in [0.2, 0.25) is 0 Å². The van der Waals surface area contributed by atoms with Gasteiger partial charge in [-0.1, -0.05) is 36.4 Å². The molecule has 0 saturated carbocycles. The van der Waals surface area contributed by atoms with Gasteiger partial charge in [0.1, 0.15) is 0 Å². The van der Waals surface area contributed by atoms with E-state index < -0.39 is 11.9 Å². The number of carbonyl (C=O) groups is 2. The van der Waals surface area contributed by atoms with Crippen molar-refractivity contribution in [1.29, 1.82) is 0 Å². The fourth-order valence-electron chi connectivity index (χ4n) is 2.07. The standard InChI is InChI=1S/C17H14O4/c1-11(8-16(18)19)15(17(20)21)10-12-6-7-13-4-2-3-5-14(13)9-12/h2-10H,1H3,(H,18,19)(H,20,21)/b11-8+,15-10-. The van der Waals surface area contributed by atoms with Crippen molar-refractivity contribution in [2.24, 2.45) is 0 Å². The van der Waals surface area contributed by atoms with Gasteiger partial charge in [-0.15, -0.1) is 0 Å². The van der Waals surface area contributed by atoms with Gasteiger partial charge in [0.25, 0.3) is 0 Å².